The molecule has 2 rings (SSSR count). The maximum absolute atomic E-state index is 13.8. The number of hydrogen-bond acceptors (Lipinski definition) is 1. The summed E-state index contributed by atoms with van der Waals surface area (Å²) in [6.45, 7) is 0. The third kappa shape index (κ3) is 3.78. The van der Waals surface area contributed by atoms with Crippen LogP contribution in [0.15, 0.2) is 40.9 Å². The standard InChI is InChI=1S/C15H13BrClF2N/c16-11-5-4-9(14(18)8-11)6-12(20)7-10-2-1-3-13(17)15(10)19/h1-5,8,12H,6-7,20H2. The molecule has 0 fully saturated rings. The van der Waals surface area contributed by atoms with Gasteiger partial charge >= 0.3 is 0 Å². The van der Waals surface area contributed by atoms with E-state index in [-0.39, 0.29) is 16.9 Å². The second-order valence-electron chi connectivity index (χ2n) is 4.62. The Hall–Kier alpha value is -0.970. The van der Waals surface area contributed by atoms with E-state index >= 15 is 0 Å². The molecule has 0 saturated carbocycles. The van der Waals surface area contributed by atoms with E-state index in [1.54, 1.807) is 24.3 Å². The molecule has 106 valence electrons. The van der Waals surface area contributed by atoms with Gasteiger partial charge in [0.2, 0.25) is 0 Å². The van der Waals surface area contributed by atoms with Crippen LogP contribution in [0.4, 0.5) is 8.78 Å². The van der Waals surface area contributed by atoms with Gasteiger partial charge in [0.05, 0.1) is 5.02 Å². The Labute approximate surface area is 129 Å². The van der Waals surface area contributed by atoms with Crippen LogP contribution in [0.1, 0.15) is 11.1 Å². The zero-order valence-corrected chi connectivity index (χ0v) is 12.9. The van der Waals surface area contributed by atoms with Crippen molar-refractivity contribution in [2.75, 3.05) is 0 Å². The van der Waals surface area contributed by atoms with Crippen LogP contribution in [0.5, 0.6) is 0 Å². The molecule has 0 aliphatic rings. The summed E-state index contributed by atoms with van der Waals surface area (Å²) in [4.78, 5) is 0. The van der Waals surface area contributed by atoms with E-state index < -0.39 is 5.82 Å². The first-order chi connectivity index (χ1) is 9.47. The molecule has 5 heteroatoms. The van der Waals surface area contributed by atoms with E-state index in [0.717, 1.165) is 0 Å². The minimum absolute atomic E-state index is 0.0736. The van der Waals surface area contributed by atoms with Crippen LogP contribution in [0, 0.1) is 11.6 Å². The van der Waals surface area contributed by atoms with Gasteiger partial charge in [-0.25, -0.2) is 8.78 Å². The Balaban J connectivity index is 2.09. The minimum Gasteiger partial charge on any atom is -0.327 e. The Kier molecular flexibility index (Phi) is 5.13. The van der Waals surface area contributed by atoms with Crippen molar-refractivity contribution in [2.45, 2.75) is 18.9 Å². The molecule has 0 aromatic heterocycles. The first-order valence-electron chi connectivity index (χ1n) is 6.09. The average Bonchev–Trinajstić information content (AvgIpc) is 2.38. The van der Waals surface area contributed by atoms with Crippen molar-refractivity contribution < 1.29 is 8.78 Å². The lowest BCUT2D eigenvalue weighted by Crippen LogP contribution is -2.26. The van der Waals surface area contributed by atoms with Crippen LogP contribution in [0.2, 0.25) is 5.02 Å². The monoisotopic (exact) mass is 359 g/mol. The predicted octanol–water partition coefficient (Wildman–Crippen LogP) is 4.49. The molecule has 0 heterocycles. The first kappa shape index (κ1) is 15.4. The van der Waals surface area contributed by atoms with E-state index in [1.165, 1.54) is 12.1 Å². The van der Waals surface area contributed by atoms with Crippen molar-refractivity contribution >= 4 is 27.5 Å². The van der Waals surface area contributed by atoms with Crippen LogP contribution in [0.3, 0.4) is 0 Å². The van der Waals surface area contributed by atoms with E-state index in [9.17, 15) is 8.78 Å². The Morgan fingerprint density at radius 2 is 1.80 bits per heavy atom. The van der Waals surface area contributed by atoms with Crippen molar-refractivity contribution in [3.05, 3.63) is 68.7 Å². The summed E-state index contributed by atoms with van der Waals surface area (Å²) in [5.41, 5.74) is 6.94. The predicted molar refractivity (Wildman–Crippen MR) is 80.9 cm³/mol. The lowest BCUT2D eigenvalue weighted by Gasteiger charge is -2.13. The summed E-state index contributed by atoms with van der Waals surface area (Å²) in [7, 11) is 0. The SMILES string of the molecule is NC(Cc1ccc(Br)cc1F)Cc1cccc(Cl)c1F. The third-order valence-corrected chi connectivity index (χ3v) is 3.80. The summed E-state index contributed by atoms with van der Waals surface area (Å²) in [6, 6.07) is 9.24. The highest BCUT2D eigenvalue weighted by atomic mass is 79.9. The summed E-state index contributed by atoms with van der Waals surface area (Å²) >= 11 is 8.92. The quantitative estimate of drug-likeness (QED) is 0.854. The van der Waals surface area contributed by atoms with E-state index in [4.69, 9.17) is 17.3 Å². The molecule has 0 aliphatic heterocycles. The van der Waals surface area contributed by atoms with Crippen LogP contribution in [0.25, 0.3) is 0 Å². The van der Waals surface area contributed by atoms with Gasteiger partial charge in [-0.1, -0.05) is 45.7 Å². The van der Waals surface area contributed by atoms with E-state index in [2.05, 4.69) is 15.9 Å². The average molecular weight is 361 g/mol. The maximum atomic E-state index is 13.8. The van der Waals surface area contributed by atoms with Gasteiger partial charge in [-0.15, -0.1) is 0 Å². The van der Waals surface area contributed by atoms with Gasteiger partial charge in [-0.3, -0.25) is 0 Å². The zero-order chi connectivity index (χ0) is 14.7. The molecule has 1 atom stereocenters. The maximum Gasteiger partial charge on any atom is 0.145 e. The molecule has 2 aromatic rings. The number of rotatable bonds is 4. The molecule has 1 nitrogen and oxygen atoms in total. The normalized spacial score (nSPS) is 12.4. The second-order valence-corrected chi connectivity index (χ2v) is 5.94. The molecule has 0 bridgehead atoms. The number of halogens is 4. The van der Waals surface area contributed by atoms with Gasteiger partial charge in [0, 0.05) is 10.5 Å². The van der Waals surface area contributed by atoms with Crippen molar-refractivity contribution in [2.24, 2.45) is 5.73 Å². The van der Waals surface area contributed by atoms with Gasteiger partial charge in [0.25, 0.3) is 0 Å². The van der Waals surface area contributed by atoms with Crippen molar-refractivity contribution in [3.63, 3.8) is 0 Å². The highest BCUT2D eigenvalue weighted by Gasteiger charge is 2.13. The molecule has 0 radical (unpaired) electrons. The zero-order valence-electron chi connectivity index (χ0n) is 10.5. The Morgan fingerprint density at radius 1 is 1.10 bits per heavy atom. The van der Waals surface area contributed by atoms with Crippen LogP contribution >= 0.6 is 27.5 Å². The second kappa shape index (κ2) is 6.66. The summed E-state index contributed by atoms with van der Waals surface area (Å²) in [6.07, 6.45) is 0.646. The highest BCUT2D eigenvalue weighted by molar-refractivity contribution is 9.10. The molecule has 2 N–H and O–H groups in total. The Bertz CT molecular complexity index is 619. The smallest absolute Gasteiger partial charge is 0.145 e. The lowest BCUT2D eigenvalue weighted by molar-refractivity contribution is 0.565. The third-order valence-electron chi connectivity index (χ3n) is 3.01. The largest absolute Gasteiger partial charge is 0.327 e. The fourth-order valence-corrected chi connectivity index (χ4v) is 2.56. The van der Waals surface area contributed by atoms with Gasteiger partial charge in [-0.05, 0) is 42.2 Å². The molecule has 0 aliphatic carbocycles. The molecule has 1 unspecified atom stereocenters. The number of nitrogens with two attached hydrogens (primary N) is 1. The molecule has 0 spiro atoms. The van der Waals surface area contributed by atoms with E-state index in [0.29, 0.717) is 28.4 Å². The summed E-state index contributed by atoms with van der Waals surface area (Å²) in [5.74, 6) is -0.776. The molecule has 0 saturated heterocycles. The summed E-state index contributed by atoms with van der Waals surface area (Å²) in [5, 5.41) is 0.0736. The molecular formula is C15H13BrClF2N. The first-order valence-corrected chi connectivity index (χ1v) is 7.27. The molecular weight excluding hydrogens is 348 g/mol. The van der Waals surface area contributed by atoms with Crippen LogP contribution < -0.4 is 5.73 Å². The number of benzene rings is 2. The van der Waals surface area contributed by atoms with Gasteiger partial charge < -0.3 is 5.73 Å². The van der Waals surface area contributed by atoms with Crippen molar-refractivity contribution in [1.29, 1.82) is 0 Å². The van der Waals surface area contributed by atoms with Gasteiger partial charge in [-0.2, -0.15) is 0 Å². The topological polar surface area (TPSA) is 26.0 Å². The summed E-state index contributed by atoms with van der Waals surface area (Å²) < 4.78 is 28.2. The van der Waals surface area contributed by atoms with Crippen molar-refractivity contribution in [1.82, 2.24) is 0 Å². The fraction of sp³-hybridized carbons (Fsp3) is 0.200. The lowest BCUT2D eigenvalue weighted by atomic mass is 9.99. The Morgan fingerprint density at radius 3 is 2.50 bits per heavy atom. The minimum atomic E-state index is -0.458. The fourth-order valence-electron chi connectivity index (χ4n) is 2.03. The van der Waals surface area contributed by atoms with Gasteiger partial charge in [0.15, 0.2) is 0 Å². The number of hydrogen-bond donors (Lipinski definition) is 1. The van der Waals surface area contributed by atoms with Crippen LogP contribution in [-0.2, 0) is 12.8 Å². The molecule has 0 amide bonds. The van der Waals surface area contributed by atoms with Gasteiger partial charge in [0.1, 0.15) is 11.6 Å². The van der Waals surface area contributed by atoms with E-state index in [1.807, 2.05) is 0 Å². The molecule has 20 heavy (non-hydrogen) atoms. The molecule has 2 aromatic carbocycles. The highest BCUT2D eigenvalue weighted by Crippen LogP contribution is 2.21. The van der Waals surface area contributed by atoms with Crippen LogP contribution in [-0.4, -0.2) is 6.04 Å². The van der Waals surface area contributed by atoms with Crippen molar-refractivity contribution in [3.8, 4) is 0 Å².